The lowest BCUT2D eigenvalue weighted by Gasteiger charge is -2.20. The van der Waals surface area contributed by atoms with Gasteiger partial charge in [-0.2, -0.15) is 0 Å². The molecule has 0 saturated carbocycles. The number of hydrogen-bond acceptors (Lipinski definition) is 6. The number of aryl methyl sites for hydroxylation is 1. The van der Waals surface area contributed by atoms with Gasteiger partial charge in [-0.15, -0.1) is 24.9 Å². The molecule has 0 radical (unpaired) electrons. The van der Waals surface area contributed by atoms with Crippen molar-refractivity contribution in [2.75, 3.05) is 7.11 Å². The Morgan fingerprint density at radius 1 is 1.21 bits per heavy atom. The van der Waals surface area contributed by atoms with Gasteiger partial charge in [0, 0.05) is 28.5 Å². The van der Waals surface area contributed by atoms with Crippen LogP contribution < -0.4 is 9.47 Å². The van der Waals surface area contributed by atoms with Gasteiger partial charge in [-0.25, -0.2) is 4.79 Å². The fourth-order valence-electron chi connectivity index (χ4n) is 3.64. The first kappa shape index (κ1) is 25.0. The number of pyridine rings is 1. The Bertz CT molecular complexity index is 1050. The van der Waals surface area contributed by atoms with Crippen molar-refractivity contribution < 1.29 is 32.2 Å². The number of alkyl halides is 3. The van der Waals surface area contributed by atoms with Gasteiger partial charge in [0.2, 0.25) is 0 Å². The van der Waals surface area contributed by atoms with E-state index in [1.165, 1.54) is 19.2 Å². The van der Waals surface area contributed by atoms with Crippen LogP contribution in [0.4, 0.5) is 18.0 Å². The molecule has 9 heteroatoms. The molecule has 1 unspecified atom stereocenters. The minimum Gasteiger partial charge on any atom is -0.437 e. The van der Waals surface area contributed by atoms with E-state index in [0.717, 1.165) is 39.4 Å². The van der Waals surface area contributed by atoms with Crippen molar-refractivity contribution in [1.29, 1.82) is 0 Å². The number of ether oxygens (including phenoxy) is 3. The molecule has 33 heavy (non-hydrogen) atoms. The summed E-state index contributed by atoms with van der Waals surface area (Å²) in [5.74, 6) is 0.342. The molecule has 3 rings (SSSR count). The van der Waals surface area contributed by atoms with E-state index in [1.54, 1.807) is 23.9 Å². The number of methoxy groups -OCH3 is 1. The topological polar surface area (TPSA) is 57.7 Å². The number of rotatable bonds is 6. The largest absolute Gasteiger partial charge is 0.573 e. The number of aromatic nitrogens is 1. The second kappa shape index (κ2) is 10.1. The number of carbonyl (C=O) groups is 1. The normalized spacial score (nSPS) is 16.0. The predicted octanol–water partition coefficient (Wildman–Crippen LogP) is 7.17. The number of carbonyl (C=O) groups excluding carboxylic acids is 1. The van der Waals surface area contributed by atoms with Crippen LogP contribution in [0.25, 0.3) is 0 Å². The minimum absolute atomic E-state index is 0.0758. The zero-order valence-electron chi connectivity index (χ0n) is 19.1. The van der Waals surface area contributed by atoms with Crippen molar-refractivity contribution >= 4 is 17.9 Å². The van der Waals surface area contributed by atoms with Crippen LogP contribution in [0.1, 0.15) is 59.5 Å². The Morgan fingerprint density at radius 3 is 2.45 bits per heavy atom. The zero-order chi connectivity index (χ0) is 24.3. The molecule has 1 aliphatic rings. The summed E-state index contributed by atoms with van der Waals surface area (Å²) in [5, 5.41) is 0.0758. The van der Waals surface area contributed by atoms with Gasteiger partial charge in [0.1, 0.15) is 11.5 Å². The fourth-order valence-corrected chi connectivity index (χ4v) is 4.92. The van der Waals surface area contributed by atoms with Gasteiger partial charge in [0.15, 0.2) is 0 Å². The molecule has 178 valence electrons. The van der Waals surface area contributed by atoms with Crippen LogP contribution in [0.15, 0.2) is 35.2 Å². The Balaban J connectivity index is 1.81. The van der Waals surface area contributed by atoms with Crippen molar-refractivity contribution in [2.24, 2.45) is 0 Å². The average Bonchev–Trinajstić information content (AvgIpc) is 3.20. The van der Waals surface area contributed by atoms with Crippen LogP contribution in [-0.2, 0) is 11.2 Å². The van der Waals surface area contributed by atoms with Crippen molar-refractivity contribution in [2.45, 2.75) is 58.1 Å². The number of allylic oxidation sites excluding steroid dienone is 2. The van der Waals surface area contributed by atoms with E-state index < -0.39 is 12.5 Å². The summed E-state index contributed by atoms with van der Waals surface area (Å²) in [6, 6.07) is 5.96. The van der Waals surface area contributed by atoms with Crippen LogP contribution in [0.3, 0.4) is 0 Å². The van der Waals surface area contributed by atoms with Crippen LogP contribution in [-0.4, -0.2) is 24.6 Å². The van der Waals surface area contributed by atoms with E-state index in [1.807, 2.05) is 27.7 Å². The smallest absolute Gasteiger partial charge is 0.437 e. The van der Waals surface area contributed by atoms with E-state index in [-0.39, 0.29) is 16.9 Å². The lowest BCUT2D eigenvalue weighted by atomic mass is 9.96. The van der Waals surface area contributed by atoms with Gasteiger partial charge < -0.3 is 14.2 Å². The first-order valence-electron chi connectivity index (χ1n) is 10.5. The van der Waals surface area contributed by atoms with Crippen LogP contribution in [0, 0.1) is 13.8 Å². The van der Waals surface area contributed by atoms with Gasteiger partial charge in [0.05, 0.1) is 12.8 Å². The highest BCUT2D eigenvalue weighted by Crippen LogP contribution is 2.47. The lowest BCUT2D eigenvalue weighted by molar-refractivity contribution is -0.274. The van der Waals surface area contributed by atoms with E-state index in [9.17, 15) is 18.0 Å². The van der Waals surface area contributed by atoms with Crippen molar-refractivity contribution in [1.82, 2.24) is 4.98 Å². The Morgan fingerprint density at radius 2 is 1.88 bits per heavy atom. The third-order valence-corrected chi connectivity index (χ3v) is 6.71. The number of nitrogens with zero attached hydrogens (tertiary/aromatic N) is 1. The van der Waals surface area contributed by atoms with Gasteiger partial charge in [0.25, 0.3) is 0 Å². The van der Waals surface area contributed by atoms with Crippen LogP contribution >= 0.6 is 11.8 Å². The summed E-state index contributed by atoms with van der Waals surface area (Å²) in [6.45, 7) is 7.80. The summed E-state index contributed by atoms with van der Waals surface area (Å²) in [4.78, 5) is 17.7. The van der Waals surface area contributed by atoms with Gasteiger partial charge in [-0.3, -0.25) is 4.98 Å². The zero-order valence-corrected chi connectivity index (χ0v) is 19.9. The first-order chi connectivity index (χ1) is 15.5. The molecule has 1 aliphatic heterocycles. The molecule has 2 heterocycles. The highest BCUT2D eigenvalue weighted by Gasteiger charge is 2.31. The van der Waals surface area contributed by atoms with E-state index in [2.05, 4.69) is 10.8 Å². The average molecular weight is 482 g/mol. The third kappa shape index (κ3) is 6.22. The first-order valence-corrected chi connectivity index (χ1v) is 11.3. The summed E-state index contributed by atoms with van der Waals surface area (Å²) >= 11 is 1.64. The van der Waals surface area contributed by atoms with Gasteiger partial charge in [-0.05, 0) is 48.8 Å². The molecule has 0 fully saturated rings. The van der Waals surface area contributed by atoms with Crippen LogP contribution in [0.5, 0.6) is 11.5 Å². The van der Waals surface area contributed by atoms with Crippen molar-refractivity contribution in [3.8, 4) is 11.5 Å². The molecule has 0 N–H and O–H groups in total. The maximum absolute atomic E-state index is 12.4. The second-order valence-electron chi connectivity index (χ2n) is 8.03. The number of halogens is 3. The van der Waals surface area contributed by atoms with E-state index in [0.29, 0.717) is 12.2 Å². The number of benzene rings is 1. The molecule has 0 amide bonds. The minimum atomic E-state index is -4.71. The molecule has 0 spiro atoms. The predicted molar refractivity (Wildman–Crippen MR) is 121 cm³/mol. The summed E-state index contributed by atoms with van der Waals surface area (Å²) in [7, 11) is 1.26. The van der Waals surface area contributed by atoms with Gasteiger partial charge in [-0.1, -0.05) is 32.1 Å². The molecule has 0 saturated heterocycles. The molecule has 1 atom stereocenters. The number of thioether (sulfide) groups is 1. The lowest BCUT2D eigenvalue weighted by Crippen LogP contribution is -2.17. The fraction of sp³-hybridized carbons (Fsp3) is 0.417. The molecule has 0 bridgehead atoms. The molecule has 5 nitrogen and oxygen atoms in total. The third-order valence-electron chi connectivity index (χ3n) is 5.34. The summed E-state index contributed by atoms with van der Waals surface area (Å²) < 4.78 is 51.4. The highest BCUT2D eigenvalue weighted by molar-refractivity contribution is 8.03. The van der Waals surface area contributed by atoms with Crippen LogP contribution in [0.2, 0.25) is 0 Å². The van der Waals surface area contributed by atoms with Crippen molar-refractivity contribution in [3.63, 3.8) is 0 Å². The summed E-state index contributed by atoms with van der Waals surface area (Å²) in [5.41, 5.74) is 4.17. The molecule has 2 aromatic rings. The van der Waals surface area contributed by atoms with E-state index >= 15 is 0 Å². The maximum Gasteiger partial charge on any atom is 0.573 e. The summed E-state index contributed by atoms with van der Waals surface area (Å²) in [6.07, 6.45) is -2.12. The maximum atomic E-state index is 12.4. The Labute approximate surface area is 195 Å². The Kier molecular flexibility index (Phi) is 7.62. The quantitative estimate of drug-likeness (QED) is 0.408. The highest BCUT2D eigenvalue weighted by atomic mass is 32.2. The second-order valence-corrected chi connectivity index (χ2v) is 9.36. The Hall–Kier alpha value is -2.68. The monoisotopic (exact) mass is 481 g/mol. The van der Waals surface area contributed by atoms with E-state index in [4.69, 9.17) is 14.5 Å². The van der Waals surface area contributed by atoms with Gasteiger partial charge >= 0.3 is 12.5 Å². The molecule has 1 aromatic heterocycles. The molecular weight excluding hydrogens is 455 g/mol. The standard InChI is InChI=1S/C24H26F3NO4S/c1-13(2)21-19(22(31-23(29)30-5)14(3)15(4)28-21)12-18-10-11-20(33-18)16-6-8-17(9-7-16)32-24(25,26)27/h6-10,13,20H,11-12H2,1-5H3. The molecule has 1 aromatic carbocycles. The number of hydrogen-bond donors (Lipinski definition) is 0. The van der Waals surface area contributed by atoms with Crippen molar-refractivity contribution in [3.05, 3.63) is 63.3 Å². The SMILES string of the molecule is COC(=O)Oc1c(C)c(C)nc(C(C)C)c1CC1=CCC(c2ccc(OC(F)(F)F)cc2)S1. The molecular formula is C24H26F3NO4S. The molecule has 0 aliphatic carbocycles.